The Morgan fingerprint density at radius 2 is 1.71 bits per heavy atom. The predicted molar refractivity (Wildman–Crippen MR) is 157 cm³/mol. The van der Waals surface area contributed by atoms with Crippen LogP contribution < -0.4 is 9.04 Å². The summed E-state index contributed by atoms with van der Waals surface area (Å²) < 4.78 is 49.8. The number of anilines is 1. The third kappa shape index (κ3) is 7.40. The number of halogens is 3. The molecular weight excluding hydrogens is 549 g/mol. The molecule has 0 amide bonds. The molecule has 7 nitrogen and oxygen atoms in total. The highest BCUT2D eigenvalue weighted by Crippen LogP contribution is 2.31. The fourth-order valence-electron chi connectivity index (χ4n) is 4.58. The highest BCUT2D eigenvalue weighted by molar-refractivity contribution is 7.88. The quantitative estimate of drug-likeness (QED) is 0.166. The van der Waals surface area contributed by atoms with Crippen molar-refractivity contribution in [2.45, 2.75) is 45.4 Å². The Kier molecular flexibility index (Phi) is 8.82. The number of aromatic nitrogens is 3. The van der Waals surface area contributed by atoms with Gasteiger partial charge in [0.25, 0.3) is 0 Å². The molecular formula is C30H31F3N6OS. The lowest BCUT2D eigenvalue weighted by Gasteiger charge is -2.27. The van der Waals surface area contributed by atoms with E-state index < -0.39 is 6.36 Å². The number of nitrogens with zero attached hydrogens (tertiary/aromatic N) is 6. The van der Waals surface area contributed by atoms with Crippen LogP contribution in [0.1, 0.15) is 50.2 Å². The van der Waals surface area contributed by atoms with E-state index in [2.05, 4.69) is 62.3 Å². The number of hydrogen-bond donors (Lipinski definition) is 0. The summed E-state index contributed by atoms with van der Waals surface area (Å²) in [4.78, 5) is 4.35. The van der Waals surface area contributed by atoms with Gasteiger partial charge in [-0.2, -0.15) is 5.10 Å². The fraction of sp³-hybridized carbons (Fsp3) is 0.300. The Hall–Kier alpha value is -3.99. The molecule has 1 atom stereocenters. The van der Waals surface area contributed by atoms with E-state index in [4.69, 9.17) is 4.47 Å². The summed E-state index contributed by atoms with van der Waals surface area (Å²) in [5, 5.41) is 8.95. The van der Waals surface area contributed by atoms with E-state index in [-0.39, 0.29) is 16.6 Å². The van der Waals surface area contributed by atoms with Gasteiger partial charge in [0.2, 0.25) is 0 Å². The standard InChI is InChI=1S/C30H31F3N6OS/c1-22(2)27-8-4-5-9-28(27)39-18-6-3-7-19-41(39)37-35-20-23-10-12-24(13-11-23)29-34-21-38(36-29)25-14-16-26(17-15-25)40-30(31,32)33/h4-5,8-17,20-22H,3,6-7,18-19H2,1-2H3/b35-20+. The van der Waals surface area contributed by atoms with E-state index in [0.29, 0.717) is 17.4 Å². The van der Waals surface area contributed by atoms with Crippen molar-refractivity contribution in [2.24, 2.45) is 9.57 Å². The van der Waals surface area contributed by atoms with Crippen molar-refractivity contribution in [3.8, 4) is 22.8 Å². The largest absolute Gasteiger partial charge is 0.573 e. The maximum Gasteiger partial charge on any atom is 0.573 e. The first-order valence-corrected chi connectivity index (χ1v) is 14.8. The second-order valence-electron chi connectivity index (χ2n) is 9.92. The molecule has 3 aromatic carbocycles. The van der Waals surface area contributed by atoms with Crippen molar-refractivity contribution in [1.82, 2.24) is 14.8 Å². The smallest absolute Gasteiger partial charge is 0.406 e. The Balaban J connectivity index is 1.28. The molecule has 2 heterocycles. The van der Waals surface area contributed by atoms with Crippen LogP contribution in [-0.4, -0.2) is 39.6 Å². The summed E-state index contributed by atoms with van der Waals surface area (Å²) in [6.07, 6.45) is 2.04. The highest BCUT2D eigenvalue weighted by atomic mass is 32.2. The molecule has 1 unspecified atom stereocenters. The normalized spacial score (nSPS) is 16.4. The fourth-order valence-corrected chi connectivity index (χ4v) is 6.33. The zero-order chi connectivity index (χ0) is 28.8. The average Bonchev–Trinajstić information content (AvgIpc) is 3.33. The lowest BCUT2D eigenvalue weighted by molar-refractivity contribution is -0.274. The van der Waals surface area contributed by atoms with Gasteiger partial charge in [-0.15, -0.1) is 22.7 Å². The molecule has 1 aliphatic rings. The molecule has 1 aliphatic heterocycles. The highest BCUT2D eigenvalue weighted by Gasteiger charge is 2.31. The van der Waals surface area contributed by atoms with Crippen LogP contribution >= 0.6 is 0 Å². The monoisotopic (exact) mass is 580 g/mol. The molecule has 1 fully saturated rings. The van der Waals surface area contributed by atoms with E-state index in [9.17, 15) is 13.2 Å². The number of rotatable bonds is 7. The molecule has 1 aromatic heterocycles. The van der Waals surface area contributed by atoms with Crippen LogP contribution in [0.3, 0.4) is 0 Å². The summed E-state index contributed by atoms with van der Waals surface area (Å²) in [5.74, 6) is 1.63. The molecule has 41 heavy (non-hydrogen) atoms. The Labute approximate surface area is 239 Å². The van der Waals surface area contributed by atoms with Crippen molar-refractivity contribution >= 4 is 22.8 Å². The maximum absolute atomic E-state index is 12.4. The SMILES string of the molecule is CC(C)c1ccccc1N1CCCCC/S1=N\N=C\c1ccc(-c2ncn(-c3ccc(OC(F)(F)F)cc3)n2)cc1. The van der Waals surface area contributed by atoms with Crippen molar-refractivity contribution in [3.05, 3.63) is 90.3 Å². The van der Waals surface area contributed by atoms with Crippen LogP contribution in [0.4, 0.5) is 18.9 Å². The first-order valence-electron chi connectivity index (χ1n) is 13.5. The summed E-state index contributed by atoms with van der Waals surface area (Å²) in [5.41, 5.74) is 4.87. The van der Waals surface area contributed by atoms with Crippen LogP contribution in [0, 0.1) is 0 Å². The second kappa shape index (κ2) is 12.7. The summed E-state index contributed by atoms with van der Waals surface area (Å²) in [6, 6.07) is 21.7. The van der Waals surface area contributed by atoms with Crippen molar-refractivity contribution in [2.75, 3.05) is 16.6 Å². The van der Waals surface area contributed by atoms with Gasteiger partial charge < -0.3 is 9.04 Å². The number of hydrogen-bond acceptors (Lipinski definition) is 4. The van der Waals surface area contributed by atoms with Gasteiger partial charge in [0.05, 0.1) is 17.6 Å². The van der Waals surface area contributed by atoms with Crippen LogP contribution in [0.15, 0.2) is 88.7 Å². The molecule has 0 spiro atoms. The van der Waals surface area contributed by atoms with Crippen LogP contribution in [-0.2, 0) is 10.9 Å². The first kappa shape index (κ1) is 28.5. The number of benzene rings is 3. The molecule has 214 valence electrons. The topological polar surface area (TPSA) is 67.9 Å². The first-order chi connectivity index (χ1) is 19.8. The summed E-state index contributed by atoms with van der Waals surface area (Å²) >= 11 is 0. The number of para-hydroxylation sites is 1. The molecule has 0 N–H and O–H groups in total. The van der Waals surface area contributed by atoms with Crippen LogP contribution in [0.25, 0.3) is 17.1 Å². The minimum Gasteiger partial charge on any atom is -0.406 e. The molecule has 0 bridgehead atoms. The van der Waals surface area contributed by atoms with Crippen LogP contribution in [0.5, 0.6) is 5.75 Å². The van der Waals surface area contributed by atoms with Crippen molar-refractivity contribution in [3.63, 3.8) is 0 Å². The molecule has 1 saturated heterocycles. The zero-order valence-electron chi connectivity index (χ0n) is 22.8. The minimum absolute atomic E-state index is 0.293. The zero-order valence-corrected chi connectivity index (χ0v) is 23.6. The van der Waals surface area contributed by atoms with E-state index in [1.165, 1.54) is 52.9 Å². The molecule has 0 radical (unpaired) electrons. The second-order valence-corrected chi connectivity index (χ2v) is 11.6. The van der Waals surface area contributed by atoms with Gasteiger partial charge in [-0.1, -0.05) is 62.7 Å². The Morgan fingerprint density at radius 3 is 2.44 bits per heavy atom. The van der Waals surface area contributed by atoms with E-state index in [1.54, 1.807) is 6.21 Å². The van der Waals surface area contributed by atoms with E-state index >= 15 is 0 Å². The lowest BCUT2D eigenvalue weighted by Crippen LogP contribution is -2.27. The number of alkyl halides is 3. The molecule has 5 rings (SSSR count). The summed E-state index contributed by atoms with van der Waals surface area (Å²) in [7, 11) is -0.333. The Morgan fingerprint density at radius 1 is 0.951 bits per heavy atom. The van der Waals surface area contributed by atoms with E-state index in [1.807, 2.05) is 24.3 Å². The lowest BCUT2D eigenvalue weighted by atomic mass is 10.0. The van der Waals surface area contributed by atoms with Gasteiger partial charge in [0.15, 0.2) is 5.82 Å². The van der Waals surface area contributed by atoms with Gasteiger partial charge in [0.1, 0.15) is 12.1 Å². The Bertz CT molecular complexity index is 1510. The summed E-state index contributed by atoms with van der Waals surface area (Å²) in [6.45, 7) is 5.43. The molecule has 0 saturated carbocycles. The molecule has 4 aromatic rings. The van der Waals surface area contributed by atoms with Crippen LogP contribution in [0.2, 0.25) is 0 Å². The van der Waals surface area contributed by atoms with Gasteiger partial charge in [-0.25, -0.2) is 9.67 Å². The third-order valence-corrected chi connectivity index (χ3v) is 8.44. The maximum atomic E-state index is 12.4. The predicted octanol–water partition coefficient (Wildman–Crippen LogP) is 7.70. The third-order valence-electron chi connectivity index (χ3n) is 6.61. The van der Waals surface area contributed by atoms with Gasteiger partial charge >= 0.3 is 6.36 Å². The van der Waals surface area contributed by atoms with Gasteiger partial charge in [0, 0.05) is 28.7 Å². The average molecular weight is 581 g/mol. The van der Waals surface area contributed by atoms with Gasteiger partial charge in [-0.05, 0) is 60.2 Å². The molecule has 0 aliphatic carbocycles. The van der Waals surface area contributed by atoms with Crippen molar-refractivity contribution < 1.29 is 17.9 Å². The molecule has 11 heteroatoms. The number of ether oxygens (including phenoxy) is 1. The van der Waals surface area contributed by atoms with Crippen molar-refractivity contribution in [1.29, 1.82) is 0 Å². The van der Waals surface area contributed by atoms with Gasteiger partial charge in [-0.3, -0.25) is 0 Å². The minimum atomic E-state index is -4.73. The van der Waals surface area contributed by atoms with E-state index in [0.717, 1.165) is 36.3 Å².